The van der Waals surface area contributed by atoms with E-state index in [4.69, 9.17) is 9.47 Å². The van der Waals surface area contributed by atoms with Gasteiger partial charge in [-0.3, -0.25) is 0 Å². The lowest BCUT2D eigenvalue weighted by molar-refractivity contribution is 0.233. The second-order valence-corrected chi connectivity index (χ2v) is 5.91. The molecule has 2 heteroatoms. The minimum Gasteiger partial charge on any atom is -0.494 e. The molecule has 0 amide bonds. The van der Waals surface area contributed by atoms with Crippen LogP contribution in [0, 0.1) is 5.92 Å². The second kappa shape index (κ2) is 8.89. The largest absolute Gasteiger partial charge is 0.494 e. The van der Waals surface area contributed by atoms with Gasteiger partial charge in [0.1, 0.15) is 5.75 Å². The second-order valence-electron chi connectivity index (χ2n) is 5.91. The minimum absolute atomic E-state index is 0.720. The van der Waals surface area contributed by atoms with E-state index in [-0.39, 0.29) is 0 Å². The van der Waals surface area contributed by atoms with Gasteiger partial charge < -0.3 is 9.47 Å². The maximum absolute atomic E-state index is 5.65. The average Bonchev–Trinajstić information content (AvgIpc) is 2.54. The normalized spacial score (nSPS) is 22.6. The van der Waals surface area contributed by atoms with Crippen molar-refractivity contribution in [1.82, 2.24) is 0 Å². The van der Waals surface area contributed by atoms with Crippen LogP contribution in [0.3, 0.4) is 0 Å². The van der Waals surface area contributed by atoms with E-state index < -0.39 is 0 Å². The lowest BCUT2D eigenvalue weighted by Gasteiger charge is -2.27. The molecule has 1 aliphatic carbocycles. The van der Waals surface area contributed by atoms with Gasteiger partial charge in [0.15, 0.2) is 0 Å². The number of allylic oxidation sites excluding steroid dienone is 1. The highest BCUT2D eigenvalue weighted by atomic mass is 16.5. The monoisotopic (exact) mass is 288 g/mol. The van der Waals surface area contributed by atoms with E-state index in [1.807, 2.05) is 0 Å². The molecule has 0 spiro atoms. The van der Waals surface area contributed by atoms with Gasteiger partial charge in [-0.05, 0) is 61.6 Å². The summed E-state index contributed by atoms with van der Waals surface area (Å²) in [7, 11) is 1.75. The molecule has 1 aromatic carbocycles. The van der Waals surface area contributed by atoms with E-state index >= 15 is 0 Å². The van der Waals surface area contributed by atoms with Crippen LogP contribution < -0.4 is 4.74 Å². The lowest BCUT2D eigenvalue weighted by Crippen LogP contribution is -2.11. The molecule has 0 N–H and O–H groups in total. The van der Waals surface area contributed by atoms with E-state index in [0.717, 1.165) is 37.2 Å². The number of hydrogen-bond acceptors (Lipinski definition) is 2. The first-order valence-corrected chi connectivity index (χ1v) is 8.21. The minimum atomic E-state index is 0.720. The van der Waals surface area contributed by atoms with Crippen molar-refractivity contribution in [3.8, 4) is 5.75 Å². The van der Waals surface area contributed by atoms with Gasteiger partial charge in [-0.1, -0.05) is 31.2 Å². The van der Waals surface area contributed by atoms with E-state index in [1.54, 1.807) is 7.11 Å². The molecule has 0 atom stereocenters. The predicted octanol–water partition coefficient (Wildman–Crippen LogP) is 4.95. The fourth-order valence-electron chi connectivity index (χ4n) is 3.05. The van der Waals surface area contributed by atoms with Gasteiger partial charge in [-0.15, -0.1) is 0 Å². The number of benzene rings is 1. The SMILES string of the molecule is CCCOc1ccc(C2CCC(C=CCOC)CC2)cc1. The molecule has 0 unspecified atom stereocenters. The van der Waals surface area contributed by atoms with Crippen LogP contribution in [0.25, 0.3) is 0 Å². The van der Waals surface area contributed by atoms with Crippen LogP contribution in [0.15, 0.2) is 36.4 Å². The van der Waals surface area contributed by atoms with E-state index in [9.17, 15) is 0 Å². The van der Waals surface area contributed by atoms with Gasteiger partial charge in [-0.2, -0.15) is 0 Å². The fourth-order valence-corrected chi connectivity index (χ4v) is 3.05. The summed E-state index contributed by atoms with van der Waals surface area (Å²) in [6, 6.07) is 8.73. The Labute approximate surface area is 129 Å². The Hall–Kier alpha value is -1.28. The maximum atomic E-state index is 5.65. The van der Waals surface area contributed by atoms with Crippen molar-refractivity contribution in [1.29, 1.82) is 0 Å². The van der Waals surface area contributed by atoms with Crippen LogP contribution in [0.5, 0.6) is 5.75 Å². The van der Waals surface area contributed by atoms with E-state index in [0.29, 0.717) is 0 Å². The molecule has 1 aromatic rings. The van der Waals surface area contributed by atoms with Crippen LogP contribution in [-0.2, 0) is 4.74 Å². The van der Waals surface area contributed by atoms with Crippen LogP contribution in [0.1, 0.15) is 50.5 Å². The van der Waals surface area contributed by atoms with Gasteiger partial charge in [-0.25, -0.2) is 0 Å². The molecule has 21 heavy (non-hydrogen) atoms. The van der Waals surface area contributed by atoms with E-state index in [1.165, 1.54) is 31.2 Å². The van der Waals surface area contributed by atoms with Crippen LogP contribution in [-0.4, -0.2) is 20.3 Å². The summed E-state index contributed by atoms with van der Waals surface area (Å²) in [6.07, 6.45) is 10.7. The lowest BCUT2D eigenvalue weighted by atomic mass is 9.78. The topological polar surface area (TPSA) is 18.5 Å². The van der Waals surface area contributed by atoms with Gasteiger partial charge in [0.2, 0.25) is 0 Å². The maximum Gasteiger partial charge on any atom is 0.119 e. The molecule has 0 aromatic heterocycles. The Morgan fingerprint density at radius 1 is 1.10 bits per heavy atom. The highest BCUT2D eigenvalue weighted by Crippen LogP contribution is 2.36. The summed E-state index contributed by atoms with van der Waals surface area (Å²) >= 11 is 0. The zero-order valence-corrected chi connectivity index (χ0v) is 13.4. The molecule has 1 saturated carbocycles. The Morgan fingerprint density at radius 3 is 2.43 bits per heavy atom. The van der Waals surface area contributed by atoms with Crippen molar-refractivity contribution >= 4 is 0 Å². The summed E-state index contributed by atoms with van der Waals surface area (Å²) in [5.74, 6) is 2.46. The van der Waals surface area contributed by atoms with Crippen molar-refractivity contribution in [2.45, 2.75) is 44.9 Å². The number of rotatable bonds is 7. The van der Waals surface area contributed by atoms with Crippen molar-refractivity contribution < 1.29 is 9.47 Å². The molecular formula is C19H28O2. The Kier molecular flexibility index (Phi) is 6.81. The molecule has 0 heterocycles. The summed E-state index contributed by atoms with van der Waals surface area (Å²) in [4.78, 5) is 0. The van der Waals surface area contributed by atoms with Crippen LogP contribution >= 0.6 is 0 Å². The summed E-state index contributed by atoms with van der Waals surface area (Å²) in [5.41, 5.74) is 1.47. The zero-order chi connectivity index (χ0) is 14.9. The van der Waals surface area contributed by atoms with Crippen LogP contribution in [0.4, 0.5) is 0 Å². The van der Waals surface area contributed by atoms with Gasteiger partial charge in [0.25, 0.3) is 0 Å². The molecular weight excluding hydrogens is 260 g/mol. The molecule has 0 bridgehead atoms. The number of methoxy groups -OCH3 is 1. The van der Waals surface area contributed by atoms with Gasteiger partial charge in [0.05, 0.1) is 13.2 Å². The third kappa shape index (κ3) is 5.20. The van der Waals surface area contributed by atoms with Crippen molar-refractivity contribution in [2.75, 3.05) is 20.3 Å². The highest BCUT2D eigenvalue weighted by Gasteiger charge is 2.20. The van der Waals surface area contributed by atoms with Crippen LogP contribution in [0.2, 0.25) is 0 Å². The number of ether oxygens (including phenoxy) is 2. The van der Waals surface area contributed by atoms with Gasteiger partial charge >= 0.3 is 0 Å². The Morgan fingerprint density at radius 2 is 1.81 bits per heavy atom. The average molecular weight is 288 g/mol. The Balaban J connectivity index is 1.81. The smallest absolute Gasteiger partial charge is 0.119 e. The fraction of sp³-hybridized carbons (Fsp3) is 0.579. The number of hydrogen-bond donors (Lipinski definition) is 0. The zero-order valence-electron chi connectivity index (χ0n) is 13.4. The quantitative estimate of drug-likeness (QED) is 0.661. The third-order valence-corrected chi connectivity index (χ3v) is 4.27. The summed E-state index contributed by atoms with van der Waals surface area (Å²) < 4.78 is 10.7. The first kappa shape index (κ1) is 16.1. The summed E-state index contributed by atoms with van der Waals surface area (Å²) in [5, 5.41) is 0. The van der Waals surface area contributed by atoms with Crippen molar-refractivity contribution in [3.63, 3.8) is 0 Å². The molecule has 2 rings (SSSR count). The van der Waals surface area contributed by atoms with Crippen molar-refractivity contribution in [2.24, 2.45) is 5.92 Å². The molecule has 116 valence electrons. The molecule has 0 aliphatic heterocycles. The molecule has 1 aliphatic rings. The molecule has 0 saturated heterocycles. The standard InChI is InChI=1S/C19H28O2/c1-3-14-21-19-12-10-18(11-13-19)17-8-6-16(7-9-17)5-4-15-20-2/h4-5,10-13,16-17H,3,6-9,14-15H2,1-2H3. The molecule has 1 fully saturated rings. The third-order valence-electron chi connectivity index (χ3n) is 4.27. The van der Waals surface area contributed by atoms with Gasteiger partial charge in [0, 0.05) is 7.11 Å². The highest BCUT2D eigenvalue weighted by molar-refractivity contribution is 5.29. The first-order chi connectivity index (χ1) is 10.3. The summed E-state index contributed by atoms with van der Waals surface area (Å²) in [6.45, 7) is 3.67. The predicted molar refractivity (Wildman–Crippen MR) is 87.9 cm³/mol. The van der Waals surface area contributed by atoms with E-state index in [2.05, 4.69) is 43.3 Å². The van der Waals surface area contributed by atoms with Crippen molar-refractivity contribution in [3.05, 3.63) is 42.0 Å². The molecule has 2 nitrogen and oxygen atoms in total. The molecule has 0 radical (unpaired) electrons. The Bertz CT molecular complexity index is 414. The first-order valence-electron chi connectivity index (χ1n) is 8.21.